The average Bonchev–Trinajstić information content (AvgIpc) is 3.15. The van der Waals surface area contributed by atoms with Crippen LogP contribution in [0.1, 0.15) is 21.6 Å². The molecule has 0 bridgehead atoms. The van der Waals surface area contributed by atoms with Crippen LogP contribution >= 0.6 is 0 Å². The number of aromatic amines is 1. The number of aryl methyl sites for hydroxylation is 1. The molecule has 0 aliphatic rings. The molecule has 0 unspecified atom stereocenters. The monoisotopic (exact) mass is 412 g/mol. The molecule has 8 nitrogen and oxygen atoms in total. The standard InChI is InChI=1S/C21H21FN4O4/c1-13-2-7-17-15(8-13)9-18(24-17)21(29)26-25-20(28)12-30-11-19(27)23-10-14-3-5-16(22)6-4-14/h2-9,24H,10-12H2,1H3,(H,23,27)(H,25,28)(H,26,29). The Morgan fingerprint density at radius 2 is 1.70 bits per heavy atom. The Morgan fingerprint density at radius 1 is 0.967 bits per heavy atom. The highest BCUT2D eigenvalue weighted by Gasteiger charge is 2.11. The van der Waals surface area contributed by atoms with E-state index in [2.05, 4.69) is 21.2 Å². The van der Waals surface area contributed by atoms with Crippen LogP contribution in [0.2, 0.25) is 0 Å². The zero-order chi connectivity index (χ0) is 21.5. The van der Waals surface area contributed by atoms with Crippen molar-refractivity contribution in [3.05, 3.63) is 71.2 Å². The zero-order valence-corrected chi connectivity index (χ0v) is 16.3. The van der Waals surface area contributed by atoms with Crippen molar-refractivity contribution in [3.8, 4) is 0 Å². The first-order valence-electron chi connectivity index (χ1n) is 9.18. The van der Waals surface area contributed by atoms with Crippen molar-refractivity contribution < 1.29 is 23.5 Å². The Hall–Kier alpha value is -3.72. The number of H-pyrrole nitrogens is 1. The summed E-state index contributed by atoms with van der Waals surface area (Å²) in [5.74, 6) is -1.90. The molecule has 0 radical (unpaired) electrons. The Labute approximate surface area is 171 Å². The van der Waals surface area contributed by atoms with Crippen molar-refractivity contribution in [3.63, 3.8) is 0 Å². The molecule has 1 aromatic heterocycles. The quantitative estimate of drug-likeness (QED) is 0.443. The molecule has 0 fully saturated rings. The second-order valence-electron chi connectivity index (χ2n) is 6.67. The molecular formula is C21H21FN4O4. The normalized spacial score (nSPS) is 10.6. The average molecular weight is 412 g/mol. The minimum absolute atomic E-state index is 0.217. The van der Waals surface area contributed by atoms with Crippen LogP contribution in [-0.2, 0) is 20.9 Å². The number of amides is 3. The molecule has 0 aliphatic carbocycles. The smallest absolute Gasteiger partial charge is 0.286 e. The molecule has 4 N–H and O–H groups in total. The van der Waals surface area contributed by atoms with Gasteiger partial charge >= 0.3 is 0 Å². The Morgan fingerprint density at radius 3 is 2.47 bits per heavy atom. The number of hydrazine groups is 1. The number of rotatable bonds is 7. The number of ether oxygens (including phenoxy) is 1. The summed E-state index contributed by atoms with van der Waals surface area (Å²) >= 11 is 0. The molecule has 0 aliphatic heterocycles. The number of hydrogen-bond acceptors (Lipinski definition) is 4. The first-order chi connectivity index (χ1) is 14.4. The van der Waals surface area contributed by atoms with Crippen LogP contribution in [0.3, 0.4) is 0 Å². The lowest BCUT2D eigenvalue weighted by molar-refractivity contribution is -0.131. The zero-order valence-electron chi connectivity index (χ0n) is 16.3. The van der Waals surface area contributed by atoms with E-state index in [9.17, 15) is 18.8 Å². The van der Waals surface area contributed by atoms with Crippen molar-refractivity contribution >= 4 is 28.6 Å². The van der Waals surface area contributed by atoms with Crippen molar-refractivity contribution in [2.24, 2.45) is 0 Å². The van der Waals surface area contributed by atoms with Gasteiger partial charge in [0.2, 0.25) is 5.91 Å². The van der Waals surface area contributed by atoms with Crippen molar-refractivity contribution in [2.75, 3.05) is 13.2 Å². The number of hydrogen-bond donors (Lipinski definition) is 4. The summed E-state index contributed by atoms with van der Waals surface area (Å²) in [6, 6.07) is 13.1. The van der Waals surface area contributed by atoms with E-state index in [1.807, 2.05) is 25.1 Å². The fourth-order valence-corrected chi connectivity index (χ4v) is 2.69. The van der Waals surface area contributed by atoms with Crippen LogP contribution in [0.5, 0.6) is 0 Å². The van der Waals surface area contributed by atoms with Crippen LogP contribution in [0.4, 0.5) is 4.39 Å². The summed E-state index contributed by atoms with van der Waals surface area (Å²) in [5.41, 5.74) is 7.42. The summed E-state index contributed by atoms with van der Waals surface area (Å²) in [4.78, 5) is 38.6. The van der Waals surface area contributed by atoms with E-state index in [1.165, 1.54) is 12.1 Å². The molecule has 0 saturated carbocycles. The van der Waals surface area contributed by atoms with E-state index in [1.54, 1.807) is 18.2 Å². The third kappa shape index (κ3) is 5.89. The van der Waals surface area contributed by atoms with Crippen molar-refractivity contribution in [1.82, 2.24) is 21.2 Å². The molecule has 3 amide bonds. The number of aromatic nitrogens is 1. The Balaban J connectivity index is 1.35. The number of fused-ring (bicyclic) bond motifs is 1. The molecule has 156 valence electrons. The maximum absolute atomic E-state index is 12.8. The van der Waals surface area contributed by atoms with Crippen LogP contribution in [0.25, 0.3) is 10.9 Å². The van der Waals surface area contributed by atoms with E-state index < -0.39 is 24.3 Å². The lowest BCUT2D eigenvalue weighted by Gasteiger charge is -2.08. The van der Waals surface area contributed by atoms with Gasteiger partial charge in [0.25, 0.3) is 11.8 Å². The van der Waals surface area contributed by atoms with E-state index in [-0.39, 0.29) is 19.0 Å². The third-order valence-corrected chi connectivity index (χ3v) is 4.21. The number of nitrogens with one attached hydrogen (secondary N) is 4. The summed E-state index contributed by atoms with van der Waals surface area (Å²) < 4.78 is 17.8. The Kier molecular flexibility index (Phi) is 6.76. The summed E-state index contributed by atoms with van der Waals surface area (Å²) in [6.45, 7) is 1.43. The van der Waals surface area contributed by atoms with Crippen molar-refractivity contribution in [2.45, 2.75) is 13.5 Å². The number of benzene rings is 2. The lowest BCUT2D eigenvalue weighted by atomic mass is 10.2. The second-order valence-corrected chi connectivity index (χ2v) is 6.67. The maximum Gasteiger partial charge on any atom is 0.286 e. The Bertz CT molecular complexity index is 1060. The predicted octanol–water partition coefficient (Wildman–Crippen LogP) is 1.71. The summed E-state index contributed by atoms with van der Waals surface area (Å²) in [6.07, 6.45) is 0. The molecule has 3 rings (SSSR count). The highest BCUT2D eigenvalue weighted by molar-refractivity contribution is 5.98. The van der Waals surface area contributed by atoms with Crippen LogP contribution in [0.15, 0.2) is 48.5 Å². The molecule has 30 heavy (non-hydrogen) atoms. The topological polar surface area (TPSA) is 112 Å². The third-order valence-electron chi connectivity index (χ3n) is 4.21. The largest absolute Gasteiger partial charge is 0.362 e. The SMILES string of the molecule is Cc1ccc2[nH]c(C(=O)NNC(=O)COCC(=O)NCc3ccc(F)cc3)cc2c1. The maximum atomic E-state index is 12.8. The van der Waals surface area contributed by atoms with Gasteiger partial charge in [0.1, 0.15) is 24.7 Å². The van der Waals surface area contributed by atoms with Gasteiger partial charge in [-0.05, 0) is 42.8 Å². The van der Waals surface area contributed by atoms with E-state index >= 15 is 0 Å². The van der Waals surface area contributed by atoms with Crippen LogP contribution < -0.4 is 16.2 Å². The lowest BCUT2D eigenvalue weighted by Crippen LogP contribution is -2.43. The summed E-state index contributed by atoms with van der Waals surface area (Å²) in [5, 5.41) is 3.48. The van der Waals surface area contributed by atoms with Crippen molar-refractivity contribution in [1.29, 1.82) is 0 Å². The van der Waals surface area contributed by atoms with Gasteiger partial charge in [-0.25, -0.2) is 4.39 Å². The fourth-order valence-electron chi connectivity index (χ4n) is 2.69. The van der Waals surface area contributed by atoms with Gasteiger partial charge in [-0.2, -0.15) is 0 Å². The van der Waals surface area contributed by atoms with Gasteiger partial charge in [0.05, 0.1) is 0 Å². The highest BCUT2D eigenvalue weighted by Crippen LogP contribution is 2.16. The van der Waals surface area contributed by atoms with Gasteiger partial charge < -0.3 is 15.0 Å². The molecule has 3 aromatic rings. The molecule has 0 atom stereocenters. The van der Waals surface area contributed by atoms with Gasteiger partial charge in [0, 0.05) is 17.4 Å². The van der Waals surface area contributed by atoms with Gasteiger partial charge in [-0.3, -0.25) is 25.2 Å². The first-order valence-corrected chi connectivity index (χ1v) is 9.18. The summed E-state index contributed by atoms with van der Waals surface area (Å²) in [7, 11) is 0. The first kappa shape index (κ1) is 21.0. The molecule has 2 aromatic carbocycles. The predicted molar refractivity (Wildman–Crippen MR) is 108 cm³/mol. The number of carbonyl (C=O) groups excluding carboxylic acids is 3. The minimum atomic E-state index is -0.610. The molecule has 9 heteroatoms. The van der Waals surface area contributed by atoms with Crippen LogP contribution in [-0.4, -0.2) is 35.9 Å². The molecule has 1 heterocycles. The minimum Gasteiger partial charge on any atom is -0.362 e. The van der Waals surface area contributed by atoms with Gasteiger partial charge in [0.15, 0.2) is 0 Å². The van der Waals surface area contributed by atoms with Crippen LogP contribution in [0, 0.1) is 12.7 Å². The van der Waals surface area contributed by atoms with E-state index in [0.717, 1.165) is 22.0 Å². The molecular weight excluding hydrogens is 391 g/mol. The molecule has 0 saturated heterocycles. The highest BCUT2D eigenvalue weighted by atomic mass is 19.1. The molecule has 0 spiro atoms. The van der Waals surface area contributed by atoms with E-state index in [4.69, 9.17) is 4.74 Å². The number of carbonyl (C=O) groups is 3. The van der Waals surface area contributed by atoms with E-state index in [0.29, 0.717) is 5.69 Å². The van der Waals surface area contributed by atoms with Gasteiger partial charge in [-0.15, -0.1) is 0 Å². The fraction of sp³-hybridized carbons (Fsp3) is 0.190. The second kappa shape index (κ2) is 9.66. The van der Waals surface area contributed by atoms with Gasteiger partial charge in [-0.1, -0.05) is 23.8 Å². The number of halogens is 1.